The lowest BCUT2D eigenvalue weighted by Crippen LogP contribution is -1.77. The maximum Gasteiger partial charge on any atom is 0.190 e. The Morgan fingerprint density at radius 1 is 1.27 bits per heavy atom. The Morgan fingerprint density at radius 3 is 2.09 bits per heavy atom. The fraction of sp³-hybridized carbons (Fsp3) is 0. The van der Waals surface area contributed by atoms with E-state index in [9.17, 15) is 4.39 Å². The Hall–Kier alpha value is -0.780. The summed E-state index contributed by atoms with van der Waals surface area (Å²) in [5.74, 6) is -0.680. The van der Waals surface area contributed by atoms with Crippen LogP contribution in [0.15, 0.2) is 12.1 Å². The monoisotopic (exact) mass is 189 g/mol. The van der Waals surface area contributed by atoms with Gasteiger partial charge in [0.05, 0.1) is 16.6 Å². The van der Waals surface area contributed by atoms with Crippen molar-refractivity contribution in [3.63, 3.8) is 0 Å². The highest BCUT2D eigenvalue weighted by molar-refractivity contribution is 6.35. The summed E-state index contributed by atoms with van der Waals surface area (Å²) < 4.78 is 12.7. The van der Waals surface area contributed by atoms with Crippen molar-refractivity contribution in [2.24, 2.45) is 0 Å². The van der Waals surface area contributed by atoms with Crippen molar-refractivity contribution in [3.05, 3.63) is 39.4 Å². The second-order valence-corrected chi connectivity index (χ2v) is 2.65. The van der Waals surface area contributed by atoms with Crippen LogP contribution in [-0.4, -0.2) is 0 Å². The molecule has 0 aliphatic carbocycles. The Morgan fingerprint density at radius 2 is 1.73 bits per heavy atom. The van der Waals surface area contributed by atoms with E-state index >= 15 is 0 Å². The molecule has 0 radical (unpaired) electrons. The molecule has 1 nitrogen and oxygen atoms in total. The first-order chi connectivity index (χ1) is 5.15. The van der Waals surface area contributed by atoms with Gasteiger partial charge in [-0.15, -0.1) is 0 Å². The van der Waals surface area contributed by atoms with E-state index in [2.05, 4.69) is 4.85 Å². The normalized spacial score (nSPS) is 9.27. The molecule has 0 spiro atoms. The van der Waals surface area contributed by atoms with Crippen LogP contribution in [0, 0.1) is 12.4 Å². The third-order valence-electron chi connectivity index (χ3n) is 1.10. The Kier molecular flexibility index (Phi) is 2.33. The van der Waals surface area contributed by atoms with E-state index in [0.29, 0.717) is 0 Å². The molecule has 0 aromatic heterocycles. The Balaban J connectivity index is 3.35. The van der Waals surface area contributed by atoms with E-state index in [1.165, 1.54) is 12.1 Å². The van der Waals surface area contributed by atoms with Gasteiger partial charge in [0, 0.05) is 0 Å². The van der Waals surface area contributed by atoms with Crippen LogP contribution >= 0.6 is 23.2 Å². The number of rotatable bonds is 0. The summed E-state index contributed by atoms with van der Waals surface area (Å²) in [6, 6.07) is 2.46. The zero-order valence-corrected chi connectivity index (χ0v) is 6.75. The van der Waals surface area contributed by atoms with Crippen LogP contribution in [0.1, 0.15) is 0 Å². The van der Waals surface area contributed by atoms with E-state index in [0.717, 1.165) is 0 Å². The maximum absolute atomic E-state index is 12.7. The highest BCUT2D eigenvalue weighted by Crippen LogP contribution is 2.28. The predicted molar refractivity (Wildman–Crippen MR) is 42.7 cm³/mol. The molecule has 0 atom stereocenters. The summed E-state index contributed by atoms with van der Waals surface area (Å²) >= 11 is 10.8. The fourth-order valence-electron chi connectivity index (χ4n) is 0.607. The van der Waals surface area contributed by atoms with Crippen molar-refractivity contribution >= 4 is 28.9 Å². The van der Waals surface area contributed by atoms with Crippen LogP contribution < -0.4 is 0 Å². The summed E-state index contributed by atoms with van der Waals surface area (Å²) in [7, 11) is 0. The van der Waals surface area contributed by atoms with Crippen LogP contribution in [0.2, 0.25) is 10.0 Å². The predicted octanol–water partition coefficient (Wildman–Crippen LogP) is 3.68. The quantitative estimate of drug-likeness (QED) is 0.434. The highest BCUT2D eigenvalue weighted by Gasteiger charge is 2.06. The molecule has 1 aromatic carbocycles. The van der Waals surface area contributed by atoms with Gasteiger partial charge in [-0.05, 0) is 12.1 Å². The van der Waals surface area contributed by atoms with Crippen molar-refractivity contribution in [2.45, 2.75) is 0 Å². The van der Waals surface area contributed by atoms with Gasteiger partial charge in [-0.25, -0.2) is 9.24 Å². The molecule has 0 aliphatic heterocycles. The van der Waals surface area contributed by atoms with Crippen LogP contribution in [-0.2, 0) is 0 Å². The fourth-order valence-corrected chi connectivity index (χ4v) is 1.08. The van der Waals surface area contributed by atoms with Crippen LogP contribution in [0.4, 0.5) is 10.1 Å². The molecule has 0 saturated heterocycles. The molecule has 0 bridgehead atoms. The molecule has 0 aliphatic rings. The Labute approximate surface area is 73.2 Å². The standard InChI is InChI=1S/C7H2Cl2FN/c1-11-4-2-5(8)7(10)6(9)3-4/h2-3H. The summed E-state index contributed by atoms with van der Waals surface area (Å²) in [5.41, 5.74) is 0.237. The third-order valence-corrected chi connectivity index (χ3v) is 1.65. The van der Waals surface area contributed by atoms with Crippen molar-refractivity contribution in [2.75, 3.05) is 0 Å². The molecule has 11 heavy (non-hydrogen) atoms. The lowest BCUT2D eigenvalue weighted by molar-refractivity contribution is 0.629. The SMILES string of the molecule is [C-]#[N+]c1cc(Cl)c(F)c(Cl)c1. The molecule has 56 valence electrons. The van der Waals surface area contributed by atoms with Crippen LogP contribution in [0.25, 0.3) is 4.85 Å². The molecule has 1 aromatic rings. The minimum Gasteiger partial charge on any atom is -0.238 e. The first kappa shape index (κ1) is 8.32. The molecule has 0 unspecified atom stereocenters. The minimum atomic E-state index is -0.680. The molecule has 0 saturated carbocycles. The van der Waals surface area contributed by atoms with E-state index in [1.807, 2.05) is 0 Å². The molecule has 1 rings (SSSR count). The number of hydrogen-bond acceptors (Lipinski definition) is 0. The van der Waals surface area contributed by atoms with Gasteiger partial charge in [0.2, 0.25) is 0 Å². The second kappa shape index (κ2) is 3.08. The molecule has 0 N–H and O–H groups in total. The molecular weight excluding hydrogens is 188 g/mol. The van der Waals surface area contributed by atoms with Gasteiger partial charge >= 0.3 is 0 Å². The van der Waals surface area contributed by atoms with E-state index in [4.69, 9.17) is 29.8 Å². The number of halogens is 3. The first-order valence-corrected chi connectivity index (χ1v) is 3.42. The zero-order chi connectivity index (χ0) is 8.43. The third kappa shape index (κ3) is 1.62. The van der Waals surface area contributed by atoms with Crippen molar-refractivity contribution in [1.29, 1.82) is 0 Å². The minimum absolute atomic E-state index is 0.122. The van der Waals surface area contributed by atoms with E-state index < -0.39 is 5.82 Å². The van der Waals surface area contributed by atoms with Gasteiger partial charge in [-0.3, -0.25) is 0 Å². The average Bonchev–Trinajstić information content (AvgIpc) is 1.99. The molecule has 4 heteroatoms. The van der Waals surface area contributed by atoms with Gasteiger partial charge in [0.1, 0.15) is 0 Å². The lowest BCUT2D eigenvalue weighted by Gasteiger charge is -1.96. The van der Waals surface area contributed by atoms with E-state index in [-0.39, 0.29) is 15.7 Å². The summed E-state index contributed by atoms with van der Waals surface area (Å²) in [4.78, 5) is 3.05. The number of benzene rings is 1. The summed E-state index contributed by atoms with van der Waals surface area (Å²) in [5, 5.41) is -0.244. The van der Waals surface area contributed by atoms with Crippen LogP contribution in [0.5, 0.6) is 0 Å². The van der Waals surface area contributed by atoms with Gasteiger partial charge in [-0.1, -0.05) is 23.2 Å². The van der Waals surface area contributed by atoms with E-state index in [1.54, 1.807) is 0 Å². The zero-order valence-electron chi connectivity index (χ0n) is 5.24. The topological polar surface area (TPSA) is 4.36 Å². The smallest absolute Gasteiger partial charge is 0.190 e. The summed E-state index contributed by atoms with van der Waals surface area (Å²) in [6.07, 6.45) is 0. The van der Waals surface area contributed by atoms with Crippen LogP contribution in [0.3, 0.4) is 0 Å². The van der Waals surface area contributed by atoms with Crippen molar-refractivity contribution < 1.29 is 4.39 Å². The van der Waals surface area contributed by atoms with Crippen molar-refractivity contribution in [1.82, 2.24) is 0 Å². The van der Waals surface area contributed by atoms with Gasteiger partial charge in [-0.2, -0.15) is 0 Å². The second-order valence-electron chi connectivity index (χ2n) is 1.84. The number of nitrogens with zero attached hydrogens (tertiary/aromatic N) is 1. The largest absolute Gasteiger partial charge is 0.238 e. The van der Waals surface area contributed by atoms with Gasteiger partial charge in [0.25, 0.3) is 0 Å². The summed E-state index contributed by atoms with van der Waals surface area (Å²) in [6.45, 7) is 6.59. The first-order valence-electron chi connectivity index (χ1n) is 2.67. The molecule has 0 fully saturated rings. The van der Waals surface area contributed by atoms with Gasteiger partial charge in [0.15, 0.2) is 11.5 Å². The maximum atomic E-state index is 12.7. The molecular formula is C7H2Cl2FN. The highest BCUT2D eigenvalue weighted by atomic mass is 35.5. The average molecular weight is 190 g/mol. The Bertz CT molecular complexity index is 307. The van der Waals surface area contributed by atoms with Gasteiger partial charge < -0.3 is 0 Å². The molecule has 0 heterocycles. The lowest BCUT2D eigenvalue weighted by atomic mass is 10.3. The van der Waals surface area contributed by atoms with Crippen molar-refractivity contribution in [3.8, 4) is 0 Å². The number of hydrogen-bond donors (Lipinski definition) is 0. The molecule has 0 amide bonds.